The van der Waals surface area contributed by atoms with Gasteiger partial charge in [-0.1, -0.05) is 6.07 Å². The molecule has 0 saturated heterocycles. The van der Waals surface area contributed by atoms with E-state index in [0.29, 0.717) is 5.56 Å². The number of thiophene rings is 1. The summed E-state index contributed by atoms with van der Waals surface area (Å²) >= 11 is 1.63. The molecule has 0 spiro atoms. The van der Waals surface area contributed by atoms with Crippen LogP contribution in [0.4, 0.5) is 4.39 Å². The van der Waals surface area contributed by atoms with Crippen LogP contribution in [0.2, 0.25) is 0 Å². The van der Waals surface area contributed by atoms with Gasteiger partial charge in [-0.3, -0.25) is 0 Å². The zero-order valence-electron chi connectivity index (χ0n) is 9.90. The summed E-state index contributed by atoms with van der Waals surface area (Å²) < 4.78 is 15.9. The Morgan fingerprint density at radius 2 is 2.24 bits per heavy atom. The Balaban J connectivity index is 2.48. The molecule has 0 aliphatic rings. The molecular weight excluding hydrogens is 237 g/mol. The summed E-state index contributed by atoms with van der Waals surface area (Å²) in [7, 11) is 1.69. The highest BCUT2D eigenvalue weighted by Gasteiger charge is 2.37. The fourth-order valence-corrected chi connectivity index (χ4v) is 2.70. The average molecular weight is 253 g/mol. The van der Waals surface area contributed by atoms with E-state index in [1.807, 2.05) is 23.6 Å². The van der Waals surface area contributed by atoms with Gasteiger partial charge in [-0.2, -0.15) is 0 Å². The molecule has 2 aromatic rings. The second-order valence-electron chi connectivity index (χ2n) is 4.20. The lowest BCUT2D eigenvalue weighted by Gasteiger charge is -2.30. The molecule has 0 aliphatic carbocycles. The number of halogens is 1. The predicted octanol–water partition coefficient (Wildman–Crippen LogP) is 2.67. The molecule has 1 heterocycles. The van der Waals surface area contributed by atoms with Gasteiger partial charge in [0.2, 0.25) is 0 Å². The highest BCUT2D eigenvalue weighted by Crippen LogP contribution is 2.32. The second-order valence-corrected chi connectivity index (χ2v) is 5.15. The molecule has 2 rings (SSSR count). The number of rotatable bonds is 4. The minimum Gasteiger partial charge on any atom is -0.393 e. The largest absolute Gasteiger partial charge is 0.393 e. The molecular formula is C13H16FNOS. The third kappa shape index (κ3) is 2.08. The summed E-state index contributed by atoms with van der Waals surface area (Å²) in [5, 5.41) is 15.2. The van der Waals surface area contributed by atoms with E-state index >= 15 is 0 Å². The van der Waals surface area contributed by atoms with Crippen molar-refractivity contribution in [3.05, 3.63) is 35.2 Å². The molecule has 1 aromatic heterocycles. The maximum absolute atomic E-state index is 14.8. The maximum atomic E-state index is 14.8. The van der Waals surface area contributed by atoms with Gasteiger partial charge in [0.1, 0.15) is 0 Å². The SMILES string of the molecule is CNC(C)C(F)(CO)c1ccc2sccc2c1. The first-order chi connectivity index (χ1) is 8.11. The number of aliphatic hydroxyl groups is 1. The molecule has 0 fully saturated rings. The molecule has 0 saturated carbocycles. The molecule has 0 bridgehead atoms. The number of benzene rings is 1. The molecule has 2 atom stereocenters. The quantitative estimate of drug-likeness (QED) is 0.878. The van der Waals surface area contributed by atoms with E-state index in [2.05, 4.69) is 5.32 Å². The Hall–Kier alpha value is -0.970. The van der Waals surface area contributed by atoms with E-state index in [0.717, 1.165) is 10.1 Å². The van der Waals surface area contributed by atoms with Gasteiger partial charge in [0.15, 0.2) is 5.67 Å². The summed E-state index contributed by atoms with van der Waals surface area (Å²) in [6, 6.07) is 7.00. The van der Waals surface area contributed by atoms with Crippen LogP contribution in [0.3, 0.4) is 0 Å². The third-order valence-electron chi connectivity index (χ3n) is 3.28. The number of hydrogen-bond donors (Lipinski definition) is 2. The minimum absolute atomic E-state index is 0.441. The number of nitrogens with one attached hydrogen (secondary N) is 1. The molecule has 0 radical (unpaired) electrons. The summed E-state index contributed by atoms with van der Waals surface area (Å²) in [6.45, 7) is 1.21. The van der Waals surface area contributed by atoms with E-state index < -0.39 is 18.3 Å². The van der Waals surface area contributed by atoms with Crippen LogP contribution in [0.5, 0.6) is 0 Å². The molecule has 92 valence electrons. The molecule has 17 heavy (non-hydrogen) atoms. The Morgan fingerprint density at radius 1 is 1.47 bits per heavy atom. The van der Waals surface area contributed by atoms with Gasteiger partial charge in [0, 0.05) is 10.7 Å². The normalized spacial score (nSPS) is 16.9. The zero-order chi connectivity index (χ0) is 12.5. The van der Waals surface area contributed by atoms with E-state index in [4.69, 9.17) is 0 Å². The highest BCUT2D eigenvalue weighted by molar-refractivity contribution is 7.17. The van der Waals surface area contributed by atoms with Gasteiger partial charge in [-0.25, -0.2) is 4.39 Å². The Morgan fingerprint density at radius 3 is 2.88 bits per heavy atom. The fraction of sp³-hybridized carbons (Fsp3) is 0.385. The molecule has 2 unspecified atom stereocenters. The summed E-state index contributed by atoms with van der Waals surface area (Å²) in [5.41, 5.74) is -1.22. The highest BCUT2D eigenvalue weighted by atomic mass is 32.1. The lowest BCUT2D eigenvalue weighted by atomic mass is 9.89. The van der Waals surface area contributed by atoms with Crippen LogP contribution in [0.1, 0.15) is 12.5 Å². The third-order valence-corrected chi connectivity index (χ3v) is 4.18. The van der Waals surface area contributed by atoms with Crippen molar-refractivity contribution in [3.8, 4) is 0 Å². The van der Waals surface area contributed by atoms with Gasteiger partial charge in [0.05, 0.1) is 6.61 Å². The molecule has 4 heteroatoms. The smallest absolute Gasteiger partial charge is 0.173 e. The van der Waals surface area contributed by atoms with Crippen molar-refractivity contribution in [3.63, 3.8) is 0 Å². The van der Waals surface area contributed by atoms with Crippen molar-refractivity contribution in [1.82, 2.24) is 5.32 Å². The fourth-order valence-electron chi connectivity index (χ4n) is 1.93. The van der Waals surface area contributed by atoms with Crippen molar-refractivity contribution in [2.45, 2.75) is 18.6 Å². The van der Waals surface area contributed by atoms with Crippen molar-refractivity contribution in [2.75, 3.05) is 13.7 Å². The van der Waals surface area contributed by atoms with Crippen molar-refractivity contribution in [1.29, 1.82) is 0 Å². The van der Waals surface area contributed by atoms with Gasteiger partial charge in [-0.15, -0.1) is 11.3 Å². The summed E-state index contributed by atoms with van der Waals surface area (Å²) in [4.78, 5) is 0. The Labute approximate surface area is 104 Å². The molecule has 0 aliphatic heterocycles. The van der Waals surface area contributed by atoms with Crippen LogP contribution in [-0.4, -0.2) is 24.8 Å². The van der Waals surface area contributed by atoms with Crippen LogP contribution < -0.4 is 5.32 Å². The van der Waals surface area contributed by atoms with E-state index in [1.165, 1.54) is 0 Å². The minimum atomic E-state index is -1.75. The topological polar surface area (TPSA) is 32.3 Å². The first-order valence-corrected chi connectivity index (χ1v) is 6.44. The summed E-state index contributed by atoms with van der Waals surface area (Å²) in [6.07, 6.45) is 0. The number of fused-ring (bicyclic) bond motifs is 1. The Bertz CT molecular complexity index is 513. The molecule has 2 N–H and O–H groups in total. The lowest BCUT2D eigenvalue weighted by Crippen LogP contribution is -2.44. The standard InChI is InChI=1S/C13H16FNOS/c1-9(15-2)13(14,8-16)11-3-4-12-10(7-11)5-6-17-12/h3-7,9,15-16H,8H2,1-2H3. The van der Waals surface area contributed by atoms with E-state index in [-0.39, 0.29) is 0 Å². The van der Waals surface area contributed by atoms with Gasteiger partial charge >= 0.3 is 0 Å². The van der Waals surface area contributed by atoms with E-state index in [1.54, 1.807) is 31.4 Å². The predicted molar refractivity (Wildman–Crippen MR) is 70.2 cm³/mol. The van der Waals surface area contributed by atoms with Crippen LogP contribution in [-0.2, 0) is 5.67 Å². The number of likely N-dealkylation sites (N-methyl/N-ethyl adjacent to an activating group) is 1. The first-order valence-electron chi connectivity index (χ1n) is 5.56. The van der Waals surface area contributed by atoms with Crippen LogP contribution in [0.15, 0.2) is 29.6 Å². The number of hydrogen-bond acceptors (Lipinski definition) is 3. The van der Waals surface area contributed by atoms with Gasteiger partial charge < -0.3 is 10.4 Å². The van der Waals surface area contributed by atoms with Crippen molar-refractivity contribution < 1.29 is 9.50 Å². The van der Waals surface area contributed by atoms with Crippen LogP contribution in [0.25, 0.3) is 10.1 Å². The molecule has 0 amide bonds. The number of aliphatic hydroxyl groups excluding tert-OH is 1. The Kier molecular flexibility index (Phi) is 3.47. The molecule has 2 nitrogen and oxygen atoms in total. The molecule has 1 aromatic carbocycles. The summed E-state index contributed by atoms with van der Waals surface area (Å²) in [5.74, 6) is 0. The second kappa shape index (κ2) is 4.72. The van der Waals surface area contributed by atoms with Gasteiger partial charge in [0.25, 0.3) is 0 Å². The zero-order valence-corrected chi connectivity index (χ0v) is 10.7. The first kappa shape index (κ1) is 12.5. The van der Waals surface area contributed by atoms with E-state index in [9.17, 15) is 9.50 Å². The van der Waals surface area contributed by atoms with Gasteiger partial charge in [-0.05, 0) is 48.5 Å². The maximum Gasteiger partial charge on any atom is 0.173 e. The van der Waals surface area contributed by atoms with Crippen LogP contribution >= 0.6 is 11.3 Å². The van der Waals surface area contributed by atoms with Crippen molar-refractivity contribution in [2.24, 2.45) is 0 Å². The number of alkyl halides is 1. The van der Waals surface area contributed by atoms with Crippen LogP contribution in [0, 0.1) is 0 Å². The monoisotopic (exact) mass is 253 g/mol. The van der Waals surface area contributed by atoms with Crippen molar-refractivity contribution >= 4 is 21.4 Å². The average Bonchev–Trinajstić information content (AvgIpc) is 2.83. The lowest BCUT2D eigenvalue weighted by molar-refractivity contribution is 0.0390.